The molecule has 0 unspecified atom stereocenters. The summed E-state index contributed by atoms with van der Waals surface area (Å²) in [4.78, 5) is 0. The fourth-order valence-corrected chi connectivity index (χ4v) is 0.976. The van der Waals surface area contributed by atoms with E-state index >= 15 is 0 Å². The SMILES string of the molecule is C=Cc1ccccc1/C=C/C#N. The Morgan fingerprint density at radius 2 is 1.92 bits per heavy atom. The lowest BCUT2D eigenvalue weighted by molar-refractivity contribution is 1.53. The van der Waals surface area contributed by atoms with Gasteiger partial charge in [-0.2, -0.15) is 5.26 Å². The van der Waals surface area contributed by atoms with Gasteiger partial charge in [-0.05, 0) is 17.2 Å². The summed E-state index contributed by atoms with van der Waals surface area (Å²) in [7, 11) is 0. The molecule has 0 bridgehead atoms. The van der Waals surface area contributed by atoms with Crippen molar-refractivity contribution in [3.8, 4) is 6.07 Å². The van der Waals surface area contributed by atoms with Crippen LogP contribution in [0.5, 0.6) is 0 Å². The first kappa shape index (κ1) is 8.29. The first-order valence-corrected chi connectivity index (χ1v) is 3.66. The van der Waals surface area contributed by atoms with E-state index in [-0.39, 0.29) is 0 Å². The molecule has 0 atom stereocenters. The zero-order chi connectivity index (χ0) is 8.81. The minimum absolute atomic E-state index is 1.02. The highest BCUT2D eigenvalue weighted by Crippen LogP contribution is 2.11. The van der Waals surface area contributed by atoms with Crippen molar-refractivity contribution >= 4 is 12.2 Å². The Bertz CT molecular complexity index is 342. The van der Waals surface area contributed by atoms with Gasteiger partial charge >= 0.3 is 0 Å². The molecule has 1 aromatic rings. The Kier molecular flexibility index (Phi) is 2.87. The van der Waals surface area contributed by atoms with Gasteiger partial charge in [0.2, 0.25) is 0 Å². The summed E-state index contributed by atoms with van der Waals surface area (Å²) in [5.74, 6) is 0. The van der Waals surface area contributed by atoms with E-state index in [4.69, 9.17) is 5.26 Å². The third-order valence-corrected chi connectivity index (χ3v) is 1.55. The van der Waals surface area contributed by atoms with E-state index in [2.05, 4.69) is 6.58 Å². The third kappa shape index (κ3) is 1.83. The quantitative estimate of drug-likeness (QED) is 0.602. The van der Waals surface area contributed by atoms with E-state index < -0.39 is 0 Å². The number of hydrogen-bond acceptors (Lipinski definition) is 1. The Labute approximate surface area is 72.3 Å². The van der Waals surface area contributed by atoms with Crippen LogP contribution in [0.2, 0.25) is 0 Å². The van der Waals surface area contributed by atoms with Crippen molar-refractivity contribution in [2.75, 3.05) is 0 Å². The Morgan fingerprint density at radius 3 is 2.50 bits per heavy atom. The molecule has 0 heterocycles. The molecule has 0 radical (unpaired) electrons. The molecule has 0 saturated heterocycles. The largest absolute Gasteiger partial charge is 0.193 e. The number of allylic oxidation sites excluding steroid dienone is 1. The number of hydrogen-bond donors (Lipinski definition) is 0. The second-order valence-corrected chi connectivity index (χ2v) is 2.30. The summed E-state index contributed by atoms with van der Waals surface area (Å²) in [6.07, 6.45) is 5.01. The lowest BCUT2D eigenvalue weighted by Gasteiger charge is -1.97. The topological polar surface area (TPSA) is 23.8 Å². The highest BCUT2D eigenvalue weighted by atomic mass is 14.2. The minimum atomic E-state index is 1.02. The summed E-state index contributed by atoms with van der Waals surface area (Å²) in [6.45, 7) is 3.68. The number of benzene rings is 1. The van der Waals surface area contributed by atoms with Crippen LogP contribution >= 0.6 is 0 Å². The number of rotatable bonds is 2. The van der Waals surface area contributed by atoms with Gasteiger partial charge in [-0.15, -0.1) is 0 Å². The standard InChI is InChI=1S/C11H9N/c1-2-10-6-3-4-7-11(10)8-5-9-12/h2-8H,1H2/b8-5+. The Hall–Kier alpha value is -1.81. The maximum absolute atomic E-state index is 8.33. The monoisotopic (exact) mass is 155 g/mol. The van der Waals surface area contributed by atoms with Gasteiger partial charge < -0.3 is 0 Å². The van der Waals surface area contributed by atoms with Gasteiger partial charge in [0.1, 0.15) is 0 Å². The zero-order valence-corrected chi connectivity index (χ0v) is 6.70. The van der Waals surface area contributed by atoms with E-state index in [0.717, 1.165) is 11.1 Å². The van der Waals surface area contributed by atoms with Gasteiger partial charge in [-0.3, -0.25) is 0 Å². The van der Waals surface area contributed by atoms with Crippen LogP contribution in [0.1, 0.15) is 11.1 Å². The van der Waals surface area contributed by atoms with Crippen LogP contribution in [0.25, 0.3) is 12.2 Å². The molecule has 0 aromatic heterocycles. The van der Waals surface area contributed by atoms with Gasteiger partial charge in [-0.25, -0.2) is 0 Å². The van der Waals surface area contributed by atoms with Gasteiger partial charge in [-0.1, -0.05) is 36.9 Å². The minimum Gasteiger partial charge on any atom is -0.193 e. The van der Waals surface area contributed by atoms with Gasteiger partial charge in [0, 0.05) is 6.08 Å². The van der Waals surface area contributed by atoms with Gasteiger partial charge in [0.05, 0.1) is 6.07 Å². The molecule has 0 aliphatic rings. The van der Waals surface area contributed by atoms with Crippen molar-refractivity contribution in [3.05, 3.63) is 48.0 Å². The van der Waals surface area contributed by atoms with Crippen LogP contribution in [0.4, 0.5) is 0 Å². The van der Waals surface area contributed by atoms with E-state index in [0.29, 0.717) is 0 Å². The average molecular weight is 155 g/mol. The van der Waals surface area contributed by atoms with E-state index in [9.17, 15) is 0 Å². The molecule has 1 heteroatoms. The fourth-order valence-electron chi connectivity index (χ4n) is 0.976. The van der Waals surface area contributed by atoms with E-state index in [1.165, 1.54) is 6.08 Å². The van der Waals surface area contributed by atoms with Crippen LogP contribution in [-0.4, -0.2) is 0 Å². The van der Waals surface area contributed by atoms with Crippen molar-refractivity contribution in [2.24, 2.45) is 0 Å². The second-order valence-electron chi connectivity index (χ2n) is 2.30. The highest BCUT2D eigenvalue weighted by molar-refractivity contribution is 5.65. The summed E-state index contributed by atoms with van der Waals surface area (Å²) in [6, 6.07) is 9.74. The lowest BCUT2D eigenvalue weighted by atomic mass is 10.1. The number of nitriles is 1. The molecular weight excluding hydrogens is 146 g/mol. The van der Waals surface area contributed by atoms with Crippen LogP contribution < -0.4 is 0 Å². The van der Waals surface area contributed by atoms with E-state index in [1.807, 2.05) is 30.3 Å². The smallest absolute Gasteiger partial charge is 0.0912 e. The van der Waals surface area contributed by atoms with Crippen molar-refractivity contribution < 1.29 is 0 Å². The maximum atomic E-state index is 8.33. The zero-order valence-electron chi connectivity index (χ0n) is 6.70. The molecule has 0 aliphatic heterocycles. The molecule has 1 rings (SSSR count). The van der Waals surface area contributed by atoms with Crippen LogP contribution in [0, 0.1) is 11.3 Å². The maximum Gasteiger partial charge on any atom is 0.0912 e. The van der Waals surface area contributed by atoms with E-state index in [1.54, 1.807) is 12.2 Å². The summed E-state index contributed by atoms with van der Waals surface area (Å²) in [5, 5.41) is 8.33. The van der Waals surface area contributed by atoms with Crippen LogP contribution in [0.3, 0.4) is 0 Å². The molecule has 0 saturated carbocycles. The molecule has 12 heavy (non-hydrogen) atoms. The number of nitrogens with zero attached hydrogens (tertiary/aromatic N) is 1. The van der Waals surface area contributed by atoms with Crippen LogP contribution in [-0.2, 0) is 0 Å². The van der Waals surface area contributed by atoms with Crippen LogP contribution in [0.15, 0.2) is 36.9 Å². The normalized spacial score (nSPS) is 9.58. The second kappa shape index (κ2) is 4.15. The molecule has 58 valence electrons. The predicted molar refractivity (Wildman–Crippen MR) is 51.2 cm³/mol. The molecule has 0 aliphatic carbocycles. The van der Waals surface area contributed by atoms with Crippen molar-refractivity contribution in [1.29, 1.82) is 5.26 Å². The molecule has 0 amide bonds. The average Bonchev–Trinajstić information content (AvgIpc) is 2.15. The highest BCUT2D eigenvalue weighted by Gasteiger charge is 1.91. The molecule has 1 aromatic carbocycles. The van der Waals surface area contributed by atoms with Crippen molar-refractivity contribution in [3.63, 3.8) is 0 Å². The molecule has 1 nitrogen and oxygen atoms in total. The van der Waals surface area contributed by atoms with Crippen molar-refractivity contribution in [1.82, 2.24) is 0 Å². The lowest BCUT2D eigenvalue weighted by Crippen LogP contribution is -1.77. The predicted octanol–water partition coefficient (Wildman–Crippen LogP) is 2.87. The first-order chi connectivity index (χ1) is 5.88. The first-order valence-electron chi connectivity index (χ1n) is 3.66. The van der Waals surface area contributed by atoms with Gasteiger partial charge in [0.15, 0.2) is 0 Å². The Morgan fingerprint density at radius 1 is 1.25 bits per heavy atom. The molecule has 0 spiro atoms. The molecule has 0 N–H and O–H groups in total. The molecular formula is C11H9N. The fraction of sp³-hybridized carbons (Fsp3) is 0. The van der Waals surface area contributed by atoms with Gasteiger partial charge in [0.25, 0.3) is 0 Å². The third-order valence-electron chi connectivity index (χ3n) is 1.55. The Balaban J connectivity index is 3.07. The summed E-state index contributed by atoms with van der Waals surface area (Å²) >= 11 is 0. The summed E-state index contributed by atoms with van der Waals surface area (Å²) in [5.41, 5.74) is 2.07. The molecule has 0 fully saturated rings. The summed E-state index contributed by atoms with van der Waals surface area (Å²) < 4.78 is 0. The van der Waals surface area contributed by atoms with Crippen molar-refractivity contribution in [2.45, 2.75) is 0 Å².